The van der Waals surface area contributed by atoms with Crippen LogP contribution < -0.4 is 11.5 Å². The van der Waals surface area contributed by atoms with Gasteiger partial charge in [-0.1, -0.05) is 18.2 Å². The molecular weight excluding hydrogens is 179 g/mol. The van der Waals surface area contributed by atoms with Crippen molar-refractivity contribution in [3.05, 3.63) is 35.6 Å². The van der Waals surface area contributed by atoms with Crippen LogP contribution >= 0.6 is 0 Å². The van der Waals surface area contributed by atoms with Crippen LogP contribution in [-0.2, 0) is 0 Å². The van der Waals surface area contributed by atoms with Crippen molar-refractivity contribution < 1.29 is 4.39 Å². The Bertz CT molecular complexity index is 286. The summed E-state index contributed by atoms with van der Waals surface area (Å²) in [5, 5.41) is 0. The Morgan fingerprint density at radius 3 is 2.43 bits per heavy atom. The highest BCUT2D eigenvalue weighted by atomic mass is 19.1. The zero-order chi connectivity index (χ0) is 10.6. The van der Waals surface area contributed by atoms with E-state index in [2.05, 4.69) is 0 Å². The van der Waals surface area contributed by atoms with Gasteiger partial charge in [-0.05, 0) is 25.8 Å². The Morgan fingerprint density at radius 1 is 1.21 bits per heavy atom. The fourth-order valence-corrected chi connectivity index (χ4v) is 1.37. The first kappa shape index (κ1) is 11.1. The largest absolute Gasteiger partial charge is 0.328 e. The molecule has 0 bridgehead atoms. The predicted molar refractivity (Wildman–Crippen MR) is 56.2 cm³/mol. The molecule has 14 heavy (non-hydrogen) atoms. The van der Waals surface area contributed by atoms with Crippen LogP contribution in [0, 0.1) is 5.82 Å². The quantitative estimate of drug-likeness (QED) is 0.773. The number of hydrogen-bond acceptors (Lipinski definition) is 2. The first-order valence-corrected chi connectivity index (χ1v) is 4.87. The van der Waals surface area contributed by atoms with Crippen LogP contribution in [0.5, 0.6) is 0 Å². The lowest BCUT2D eigenvalue weighted by molar-refractivity contribution is 0.524. The van der Waals surface area contributed by atoms with E-state index in [1.807, 2.05) is 6.92 Å². The van der Waals surface area contributed by atoms with Crippen molar-refractivity contribution in [2.24, 2.45) is 11.5 Å². The van der Waals surface area contributed by atoms with Crippen molar-refractivity contribution in [3.63, 3.8) is 0 Å². The number of halogens is 1. The Kier molecular flexibility index (Phi) is 4.04. The number of nitrogens with two attached hydrogens (primary N) is 2. The van der Waals surface area contributed by atoms with E-state index in [0.29, 0.717) is 5.56 Å². The average Bonchev–Trinajstić information content (AvgIpc) is 2.15. The van der Waals surface area contributed by atoms with E-state index in [1.165, 1.54) is 6.07 Å². The molecule has 0 aliphatic heterocycles. The molecule has 78 valence electrons. The van der Waals surface area contributed by atoms with Crippen molar-refractivity contribution in [2.45, 2.75) is 31.8 Å². The summed E-state index contributed by atoms with van der Waals surface area (Å²) in [4.78, 5) is 0. The molecule has 0 radical (unpaired) electrons. The van der Waals surface area contributed by atoms with Crippen LogP contribution in [-0.4, -0.2) is 6.04 Å². The van der Waals surface area contributed by atoms with E-state index in [-0.39, 0.29) is 17.9 Å². The average molecular weight is 196 g/mol. The highest BCUT2D eigenvalue weighted by Gasteiger charge is 2.10. The summed E-state index contributed by atoms with van der Waals surface area (Å²) >= 11 is 0. The van der Waals surface area contributed by atoms with Gasteiger partial charge < -0.3 is 11.5 Å². The molecule has 0 aliphatic rings. The van der Waals surface area contributed by atoms with Crippen LogP contribution in [0.3, 0.4) is 0 Å². The molecule has 0 aromatic heterocycles. The number of rotatable bonds is 4. The lowest BCUT2D eigenvalue weighted by Crippen LogP contribution is -2.19. The molecule has 0 spiro atoms. The van der Waals surface area contributed by atoms with E-state index >= 15 is 0 Å². The van der Waals surface area contributed by atoms with Crippen LogP contribution in [0.4, 0.5) is 4.39 Å². The first-order valence-electron chi connectivity index (χ1n) is 4.87. The smallest absolute Gasteiger partial charge is 0.127 e. The van der Waals surface area contributed by atoms with Crippen molar-refractivity contribution >= 4 is 0 Å². The molecule has 1 aromatic carbocycles. The third kappa shape index (κ3) is 3.09. The summed E-state index contributed by atoms with van der Waals surface area (Å²) in [7, 11) is 0. The molecule has 0 amide bonds. The third-order valence-electron chi connectivity index (χ3n) is 2.24. The van der Waals surface area contributed by atoms with Gasteiger partial charge in [-0.2, -0.15) is 0 Å². The second-order valence-corrected chi connectivity index (χ2v) is 3.68. The maximum Gasteiger partial charge on any atom is 0.127 e. The minimum atomic E-state index is -0.248. The Labute approximate surface area is 84.1 Å². The van der Waals surface area contributed by atoms with Gasteiger partial charge in [0.2, 0.25) is 0 Å². The van der Waals surface area contributed by atoms with Crippen molar-refractivity contribution in [2.75, 3.05) is 0 Å². The fraction of sp³-hybridized carbons (Fsp3) is 0.455. The van der Waals surface area contributed by atoms with Crippen molar-refractivity contribution in [1.29, 1.82) is 0 Å². The summed E-state index contributed by atoms with van der Waals surface area (Å²) in [5.74, 6) is -0.232. The first-order chi connectivity index (χ1) is 6.61. The van der Waals surface area contributed by atoms with Gasteiger partial charge >= 0.3 is 0 Å². The highest BCUT2D eigenvalue weighted by molar-refractivity contribution is 5.20. The van der Waals surface area contributed by atoms with E-state index in [1.54, 1.807) is 18.2 Å². The Balaban J connectivity index is 2.60. The maximum absolute atomic E-state index is 13.3. The lowest BCUT2D eigenvalue weighted by Gasteiger charge is -2.13. The van der Waals surface area contributed by atoms with Crippen molar-refractivity contribution in [3.8, 4) is 0 Å². The second-order valence-electron chi connectivity index (χ2n) is 3.68. The van der Waals surface area contributed by atoms with Crippen molar-refractivity contribution in [1.82, 2.24) is 0 Å². The summed E-state index contributed by atoms with van der Waals surface area (Å²) in [6, 6.07) is 6.48. The minimum absolute atomic E-state index is 0.118. The molecule has 0 aliphatic carbocycles. The van der Waals surface area contributed by atoms with E-state index in [0.717, 1.165) is 12.8 Å². The molecule has 1 aromatic rings. The van der Waals surface area contributed by atoms with Gasteiger partial charge in [0.25, 0.3) is 0 Å². The molecule has 2 unspecified atom stereocenters. The summed E-state index contributed by atoms with van der Waals surface area (Å²) in [6.07, 6.45) is 1.54. The van der Waals surface area contributed by atoms with Gasteiger partial charge in [0, 0.05) is 17.6 Å². The molecule has 0 fully saturated rings. The molecule has 0 heterocycles. The van der Waals surface area contributed by atoms with Gasteiger partial charge in [-0.15, -0.1) is 0 Å². The molecule has 2 nitrogen and oxygen atoms in total. The van der Waals surface area contributed by atoms with Crippen LogP contribution in [0.2, 0.25) is 0 Å². The molecule has 3 heteroatoms. The predicted octanol–water partition coefficient (Wildman–Crippen LogP) is 1.95. The summed E-state index contributed by atoms with van der Waals surface area (Å²) in [5.41, 5.74) is 12.0. The highest BCUT2D eigenvalue weighted by Crippen LogP contribution is 2.19. The second kappa shape index (κ2) is 5.08. The minimum Gasteiger partial charge on any atom is -0.328 e. The zero-order valence-corrected chi connectivity index (χ0v) is 8.41. The molecule has 4 N–H and O–H groups in total. The zero-order valence-electron chi connectivity index (χ0n) is 8.41. The molecule has 2 atom stereocenters. The van der Waals surface area contributed by atoms with Gasteiger partial charge in [0.15, 0.2) is 0 Å². The van der Waals surface area contributed by atoms with E-state index < -0.39 is 0 Å². The molecule has 0 saturated heterocycles. The fourth-order valence-electron chi connectivity index (χ4n) is 1.37. The van der Waals surface area contributed by atoms with Gasteiger partial charge in [0.1, 0.15) is 5.82 Å². The van der Waals surface area contributed by atoms with Gasteiger partial charge in [-0.25, -0.2) is 4.39 Å². The van der Waals surface area contributed by atoms with Gasteiger partial charge in [0.05, 0.1) is 0 Å². The Hall–Kier alpha value is -0.930. The monoisotopic (exact) mass is 196 g/mol. The molecular formula is C11H17FN2. The molecule has 0 saturated carbocycles. The van der Waals surface area contributed by atoms with Crippen LogP contribution in [0.25, 0.3) is 0 Å². The molecule has 1 rings (SSSR count). The van der Waals surface area contributed by atoms with E-state index in [9.17, 15) is 4.39 Å². The maximum atomic E-state index is 13.3. The third-order valence-corrected chi connectivity index (χ3v) is 2.24. The summed E-state index contributed by atoms with van der Waals surface area (Å²) < 4.78 is 13.3. The topological polar surface area (TPSA) is 52.0 Å². The normalized spacial score (nSPS) is 15.1. The van der Waals surface area contributed by atoms with Gasteiger partial charge in [-0.3, -0.25) is 0 Å². The number of hydrogen-bond donors (Lipinski definition) is 2. The van der Waals surface area contributed by atoms with Crippen LogP contribution in [0.15, 0.2) is 24.3 Å². The van der Waals surface area contributed by atoms with Crippen LogP contribution in [0.1, 0.15) is 31.4 Å². The van der Waals surface area contributed by atoms with E-state index in [4.69, 9.17) is 11.5 Å². The standard InChI is InChI=1S/C11H17FN2/c1-8(13)6-7-11(14)9-4-2-3-5-10(9)12/h2-5,8,11H,6-7,13-14H2,1H3. The SMILES string of the molecule is CC(N)CCC(N)c1ccccc1F. The number of benzene rings is 1. The lowest BCUT2D eigenvalue weighted by atomic mass is 10.0. The summed E-state index contributed by atoms with van der Waals surface area (Å²) in [6.45, 7) is 1.92. The Morgan fingerprint density at radius 2 is 1.86 bits per heavy atom.